The van der Waals surface area contributed by atoms with E-state index in [4.69, 9.17) is 9.02 Å². The fraction of sp³-hybridized carbons (Fsp3) is 0.211. The van der Waals surface area contributed by atoms with Crippen LogP contribution >= 0.6 is 23.5 Å². The zero-order valence-corrected chi connectivity index (χ0v) is 18.0. The first kappa shape index (κ1) is 21.4. The summed E-state index contributed by atoms with van der Waals surface area (Å²) < 4.78 is 22.7. The van der Waals surface area contributed by atoms with Crippen molar-refractivity contribution in [1.29, 1.82) is 0 Å². The SMILES string of the molecule is COC(=O)C(=NOS(C)(=O)=Cc1cccc(SC)c1)Sc1ccc(C)cc1. The van der Waals surface area contributed by atoms with Gasteiger partial charge in [-0.2, -0.15) is 0 Å². The number of oxime groups is 1. The molecule has 1 unspecified atom stereocenters. The lowest BCUT2D eigenvalue weighted by molar-refractivity contribution is -0.132. The lowest BCUT2D eigenvalue weighted by atomic mass is 10.2. The van der Waals surface area contributed by atoms with Crippen LogP contribution in [0.15, 0.2) is 63.5 Å². The molecule has 1 atom stereocenters. The van der Waals surface area contributed by atoms with E-state index in [1.807, 2.05) is 61.7 Å². The molecular formula is C19H21NO4S3. The summed E-state index contributed by atoms with van der Waals surface area (Å²) >= 11 is 2.68. The molecule has 144 valence electrons. The molecule has 0 bridgehead atoms. The molecule has 2 aromatic carbocycles. The number of rotatable bonds is 5. The second-order valence-corrected chi connectivity index (χ2v) is 9.59. The van der Waals surface area contributed by atoms with E-state index in [1.165, 1.54) is 18.7 Å². The van der Waals surface area contributed by atoms with Crippen molar-refractivity contribution in [2.75, 3.05) is 19.6 Å². The molecule has 2 rings (SSSR count). The van der Waals surface area contributed by atoms with Crippen molar-refractivity contribution in [1.82, 2.24) is 0 Å². The molecule has 0 N–H and O–H groups in total. The van der Waals surface area contributed by atoms with Crippen molar-refractivity contribution in [3.63, 3.8) is 0 Å². The van der Waals surface area contributed by atoms with E-state index in [1.54, 1.807) is 11.8 Å². The summed E-state index contributed by atoms with van der Waals surface area (Å²) in [6.07, 6.45) is 3.39. The minimum atomic E-state index is -2.89. The predicted molar refractivity (Wildman–Crippen MR) is 115 cm³/mol. The molecule has 0 saturated carbocycles. The Morgan fingerprint density at radius 1 is 1.15 bits per heavy atom. The van der Waals surface area contributed by atoms with E-state index in [0.29, 0.717) is 0 Å². The number of aryl methyl sites for hydroxylation is 1. The standard InChI is InChI=1S/C19H21NO4S3/c1-14-8-10-16(11-9-14)26-18(19(21)23-2)20-24-27(4,22)13-15-6-5-7-17(12-15)25-3/h5-13H,1-4H3. The summed E-state index contributed by atoms with van der Waals surface area (Å²) in [6.45, 7) is 1.97. The molecular weight excluding hydrogens is 402 g/mol. The molecule has 0 aliphatic carbocycles. The summed E-state index contributed by atoms with van der Waals surface area (Å²) in [5.74, 6) is -0.653. The molecule has 0 amide bonds. The number of esters is 1. The molecule has 0 aliphatic rings. The maximum atomic E-state index is 12.7. The Morgan fingerprint density at radius 2 is 1.85 bits per heavy atom. The van der Waals surface area contributed by atoms with Gasteiger partial charge in [0.05, 0.1) is 7.11 Å². The van der Waals surface area contributed by atoms with Crippen LogP contribution in [-0.4, -0.2) is 40.2 Å². The number of benzene rings is 2. The Labute approximate surface area is 168 Å². The minimum Gasteiger partial charge on any atom is -0.464 e. The van der Waals surface area contributed by atoms with Gasteiger partial charge in [0.1, 0.15) is 9.80 Å². The van der Waals surface area contributed by atoms with E-state index in [2.05, 4.69) is 5.16 Å². The molecule has 0 radical (unpaired) electrons. The zero-order chi connectivity index (χ0) is 19.9. The lowest BCUT2D eigenvalue weighted by Crippen LogP contribution is -2.14. The first-order valence-electron chi connectivity index (χ1n) is 7.90. The fourth-order valence-corrected chi connectivity index (χ4v) is 4.15. The maximum Gasteiger partial charge on any atom is 0.367 e. The van der Waals surface area contributed by atoms with Gasteiger partial charge in [0.25, 0.3) is 0 Å². The van der Waals surface area contributed by atoms with Crippen molar-refractivity contribution in [3.05, 3.63) is 59.7 Å². The topological polar surface area (TPSA) is 65.0 Å². The van der Waals surface area contributed by atoms with Gasteiger partial charge in [-0.1, -0.05) is 46.7 Å². The van der Waals surface area contributed by atoms with Crippen LogP contribution < -0.4 is 0 Å². The number of carbonyl (C=O) groups is 1. The highest BCUT2D eigenvalue weighted by atomic mass is 32.2. The molecule has 0 heterocycles. The van der Waals surface area contributed by atoms with E-state index in [0.717, 1.165) is 32.7 Å². The number of hydrogen-bond acceptors (Lipinski definition) is 7. The van der Waals surface area contributed by atoms with Gasteiger partial charge >= 0.3 is 5.97 Å². The van der Waals surface area contributed by atoms with Crippen LogP contribution in [0, 0.1) is 6.92 Å². The van der Waals surface area contributed by atoms with Crippen molar-refractivity contribution < 1.29 is 18.0 Å². The molecule has 0 aliphatic heterocycles. The van der Waals surface area contributed by atoms with Crippen molar-refractivity contribution >= 4 is 49.7 Å². The summed E-state index contributed by atoms with van der Waals surface area (Å²) in [5.41, 5.74) is 1.86. The van der Waals surface area contributed by atoms with Gasteiger partial charge in [0.2, 0.25) is 5.04 Å². The molecule has 0 spiro atoms. The van der Waals surface area contributed by atoms with Crippen LogP contribution in [0.25, 0.3) is 0 Å². The Bertz CT molecular complexity index is 946. The molecule has 2 aromatic rings. The fourth-order valence-electron chi connectivity index (χ4n) is 1.99. The van der Waals surface area contributed by atoms with Gasteiger partial charge in [0.15, 0.2) is 0 Å². The number of methoxy groups -OCH3 is 1. The summed E-state index contributed by atoms with van der Waals surface area (Å²) in [6, 6.07) is 15.2. The monoisotopic (exact) mass is 423 g/mol. The predicted octanol–water partition coefficient (Wildman–Crippen LogP) is 3.99. The van der Waals surface area contributed by atoms with E-state index in [-0.39, 0.29) is 5.04 Å². The average molecular weight is 424 g/mol. The van der Waals surface area contributed by atoms with Gasteiger partial charge in [-0.05, 0) is 43.0 Å². The average Bonchev–Trinajstić information content (AvgIpc) is 2.65. The van der Waals surface area contributed by atoms with Crippen molar-refractivity contribution in [2.24, 2.45) is 5.16 Å². The number of hydrogen-bond donors (Lipinski definition) is 0. The van der Waals surface area contributed by atoms with Crippen LogP contribution in [0.1, 0.15) is 11.1 Å². The summed E-state index contributed by atoms with van der Waals surface area (Å²) in [7, 11) is -1.63. The molecule has 0 saturated heterocycles. The number of ether oxygens (including phenoxy) is 1. The van der Waals surface area contributed by atoms with Crippen LogP contribution in [0.4, 0.5) is 0 Å². The van der Waals surface area contributed by atoms with E-state index in [9.17, 15) is 9.00 Å². The first-order valence-corrected chi connectivity index (χ1v) is 11.9. The highest BCUT2D eigenvalue weighted by Crippen LogP contribution is 2.21. The minimum absolute atomic E-state index is 0.0257. The Balaban J connectivity index is 2.24. The third-order valence-corrected chi connectivity index (χ3v) is 6.05. The van der Waals surface area contributed by atoms with Gasteiger partial charge in [0, 0.05) is 21.4 Å². The first-order chi connectivity index (χ1) is 12.8. The molecule has 8 heteroatoms. The lowest BCUT2D eigenvalue weighted by Gasteiger charge is -2.07. The number of thioether (sulfide) groups is 2. The highest BCUT2D eigenvalue weighted by Gasteiger charge is 2.16. The number of nitrogens with zero attached hydrogens (tertiary/aromatic N) is 1. The Kier molecular flexibility index (Phi) is 7.82. The quantitative estimate of drug-likeness (QED) is 0.181. The van der Waals surface area contributed by atoms with Gasteiger partial charge in [-0.25, -0.2) is 9.00 Å². The number of carbonyl (C=O) groups excluding carboxylic acids is 1. The van der Waals surface area contributed by atoms with E-state index >= 15 is 0 Å². The molecule has 0 fully saturated rings. The summed E-state index contributed by atoms with van der Waals surface area (Å²) in [4.78, 5) is 13.8. The smallest absolute Gasteiger partial charge is 0.367 e. The molecule has 27 heavy (non-hydrogen) atoms. The normalized spacial score (nSPS) is 13.6. The Morgan fingerprint density at radius 3 is 2.48 bits per heavy atom. The van der Waals surface area contributed by atoms with Crippen LogP contribution in [0.3, 0.4) is 0 Å². The summed E-state index contributed by atoms with van der Waals surface area (Å²) in [5, 5.41) is 5.29. The van der Waals surface area contributed by atoms with Crippen molar-refractivity contribution in [2.45, 2.75) is 16.7 Å². The van der Waals surface area contributed by atoms with Crippen LogP contribution in [0.5, 0.6) is 0 Å². The maximum absolute atomic E-state index is 12.7. The molecule has 5 nitrogen and oxygen atoms in total. The third kappa shape index (κ3) is 6.97. The highest BCUT2D eigenvalue weighted by molar-refractivity contribution is 8.15. The Hall–Kier alpha value is -1.90. The second kappa shape index (κ2) is 9.87. The zero-order valence-electron chi connectivity index (χ0n) is 15.5. The third-order valence-electron chi connectivity index (χ3n) is 3.31. The largest absolute Gasteiger partial charge is 0.464 e. The van der Waals surface area contributed by atoms with Crippen LogP contribution in [0.2, 0.25) is 0 Å². The van der Waals surface area contributed by atoms with Gasteiger partial charge in [-0.3, -0.25) is 0 Å². The van der Waals surface area contributed by atoms with Gasteiger partial charge < -0.3 is 9.02 Å². The van der Waals surface area contributed by atoms with E-state index < -0.39 is 15.8 Å². The van der Waals surface area contributed by atoms with Crippen molar-refractivity contribution in [3.8, 4) is 0 Å². The van der Waals surface area contributed by atoms with Gasteiger partial charge in [-0.15, -0.1) is 11.8 Å². The molecule has 0 aromatic heterocycles. The second-order valence-electron chi connectivity index (χ2n) is 5.60. The van der Waals surface area contributed by atoms with Crippen LogP contribution in [-0.2, 0) is 23.6 Å².